The molecule has 3 rings (SSSR count). The van der Waals surface area contributed by atoms with Crippen LogP contribution in [0.3, 0.4) is 0 Å². The second kappa shape index (κ2) is 8.37. The van der Waals surface area contributed by atoms with Crippen molar-refractivity contribution in [2.45, 2.75) is 20.0 Å². The minimum atomic E-state index is 0.800. The van der Waals surface area contributed by atoms with Crippen molar-refractivity contribution in [3.05, 3.63) is 59.2 Å². The average Bonchev–Trinajstić information content (AvgIpc) is 2.63. The molecular weight excluding hydrogens is 312 g/mol. The molecule has 0 aromatic heterocycles. The van der Waals surface area contributed by atoms with Gasteiger partial charge >= 0.3 is 0 Å². The summed E-state index contributed by atoms with van der Waals surface area (Å²) in [7, 11) is 3.38. The molecule has 0 amide bonds. The number of nitrogens with one attached hydrogen (secondary N) is 2. The molecule has 2 N–H and O–H groups in total. The summed E-state index contributed by atoms with van der Waals surface area (Å²) in [4.78, 5) is 3.35. The van der Waals surface area contributed by atoms with E-state index >= 15 is 0 Å². The van der Waals surface area contributed by atoms with Crippen LogP contribution < -0.4 is 19.3 Å². The van der Waals surface area contributed by atoms with Crippen LogP contribution in [-0.2, 0) is 13.1 Å². The third-order valence-corrected chi connectivity index (χ3v) is 5.10. The highest BCUT2D eigenvalue weighted by Crippen LogP contribution is 2.27. The highest BCUT2D eigenvalue weighted by molar-refractivity contribution is 5.42. The summed E-state index contributed by atoms with van der Waals surface area (Å²) in [6.45, 7) is 9.27. The number of rotatable bonds is 6. The van der Waals surface area contributed by atoms with Crippen molar-refractivity contribution >= 4 is 0 Å². The average molecular weight is 342 g/mol. The molecular formula is C21H30N2O2+2. The van der Waals surface area contributed by atoms with E-state index in [1.54, 1.807) is 24.0 Å². The van der Waals surface area contributed by atoms with Gasteiger partial charge in [-0.1, -0.05) is 29.8 Å². The fraction of sp³-hybridized carbons (Fsp3) is 0.429. The summed E-state index contributed by atoms with van der Waals surface area (Å²) >= 11 is 0. The monoisotopic (exact) mass is 342 g/mol. The van der Waals surface area contributed by atoms with E-state index in [0.717, 1.165) is 24.6 Å². The predicted octanol–water partition coefficient (Wildman–Crippen LogP) is 0.496. The third-order valence-electron chi connectivity index (χ3n) is 5.10. The standard InChI is InChI=1S/C21H28N2O2/c1-17-5-4-6-18(13-17)15-22-9-11-23(12-10-22)16-19-7-8-20(24-2)21(14-19)25-3/h4-8,13-14H,9-12,15-16H2,1-3H3/p+2. The van der Waals surface area contributed by atoms with Crippen molar-refractivity contribution < 1.29 is 19.3 Å². The first-order chi connectivity index (χ1) is 12.2. The molecule has 0 unspecified atom stereocenters. The van der Waals surface area contributed by atoms with Gasteiger partial charge in [-0.25, -0.2) is 0 Å². The molecule has 1 aliphatic heterocycles. The van der Waals surface area contributed by atoms with Crippen LogP contribution in [0.5, 0.6) is 11.5 Å². The summed E-state index contributed by atoms with van der Waals surface area (Å²) in [5.74, 6) is 1.62. The summed E-state index contributed by atoms with van der Waals surface area (Å²) in [6, 6.07) is 15.2. The maximum absolute atomic E-state index is 5.42. The zero-order valence-electron chi connectivity index (χ0n) is 15.6. The summed E-state index contributed by atoms with van der Waals surface area (Å²) in [5.41, 5.74) is 4.13. The molecule has 0 bridgehead atoms. The van der Waals surface area contributed by atoms with Gasteiger partial charge in [-0.2, -0.15) is 0 Å². The predicted molar refractivity (Wildman–Crippen MR) is 99.5 cm³/mol. The van der Waals surface area contributed by atoms with E-state index < -0.39 is 0 Å². The first-order valence-corrected chi connectivity index (χ1v) is 9.11. The quantitative estimate of drug-likeness (QED) is 0.800. The number of aryl methyl sites for hydroxylation is 1. The van der Waals surface area contributed by atoms with Gasteiger partial charge < -0.3 is 19.3 Å². The van der Waals surface area contributed by atoms with Crippen molar-refractivity contribution in [2.75, 3.05) is 40.4 Å². The lowest BCUT2D eigenvalue weighted by Gasteiger charge is -2.30. The number of hydrogen-bond donors (Lipinski definition) is 2. The van der Waals surface area contributed by atoms with Crippen molar-refractivity contribution in [3.63, 3.8) is 0 Å². The van der Waals surface area contributed by atoms with Gasteiger partial charge in [0.2, 0.25) is 0 Å². The van der Waals surface area contributed by atoms with Crippen molar-refractivity contribution in [1.82, 2.24) is 0 Å². The van der Waals surface area contributed by atoms with E-state index in [4.69, 9.17) is 9.47 Å². The Kier molecular flexibility index (Phi) is 5.95. The summed E-state index contributed by atoms with van der Waals surface area (Å²) in [5, 5.41) is 0. The fourth-order valence-corrected chi connectivity index (χ4v) is 3.70. The van der Waals surface area contributed by atoms with Crippen LogP contribution in [-0.4, -0.2) is 40.4 Å². The molecule has 1 heterocycles. The van der Waals surface area contributed by atoms with Crippen molar-refractivity contribution in [1.29, 1.82) is 0 Å². The molecule has 0 saturated carbocycles. The minimum Gasteiger partial charge on any atom is -0.493 e. The normalized spacial score (nSPS) is 20.3. The highest BCUT2D eigenvalue weighted by atomic mass is 16.5. The first-order valence-electron chi connectivity index (χ1n) is 9.11. The molecule has 1 fully saturated rings. The van der Waals surface area contributed by atoms with E-state index in [2.05, 4.69) is 43.3 Å². The third kappa shape index (κ3) is 4.74. The number of ether oxygens (including phenoxy) is 2. The molecule has 134 valence electrons. The molecule has 0 spiro atoms. The van der Waals surface area contributed by atoms with Crippen LogP contribution in [0.4, 0.5) is 0 Å². The van der Waals surface area contributed by atoms with E-state index in [9.17, 15) is 0 Å². The molecule has 0 radical (unpaired) electrons. The Morgan fingerprint density at radius 1 is 0.760 bits per heavy atom. The zero-order valence-corrected chi connectivity index (χ0v) is 15.6. The van der Waals surface area contributed by atoms with Gasteiger partial charge in [0.05, 0.1) is 14.2 Å². The van der Waals surface area contributed by atoms with Crippen LogP contribution in [0.2, 0.25) is 0 Å². The second-order valence-electron chi connectivity index (χ2n) is 7.03. The molecule has 1 aliphatic rings. The molecule has 2 aromatic carbocycles. The lowest BCUT2D eigenvalue weighted by molar-refractivity contribution is -1.02. The Morgan fingerprint density at radius 2 is 1.36 bits per heavy atom. The molecule has 0 atom stereocenters. The molecule has 25 heavy (non-hydrogen) atoms. The second-order valence-corrected chi connectivity index (χ2v) is 7.03. The lowest BCUT2D eigenvalue weighted by Crippen LogP contribution is -3.27. The van der Waals surface area contributed by atoms with Gasteiger partial charge in [0.15, 0.2) is 11.5 Å². The Bertz CT molecular complexity index is 694. The molecule has 1 saturated heterocycles. The minimum absolute atomic E-state index is 0.800. The van der Waals surface area contributed by atoms with Crippen LogP contribution >= 0.6 is 0 Å². The maximum Gasteiger partial charge on any atom is 0.161 e. The van der Waals surface area contributed by atoms with Gasteiger partial charge in [0.1, 0.15) is 39.3 Å². The van der Waals surface area contributed by atoms with Crippen LogP contribution in [0.25, 0.3) is 0 Å². The molecule has 0 aliphatic carbocycles. The van der Waals surface area contributed by atoms with Crippen LogP contribution in [0, 0.1) is 6.92 Å². The summed E-state index contributed by atoms with van der Waals surface area (Å²) < 4.78 is 10.7. The SMILES string of the molecule is COc1ccc(C[NH+]2CC[NH+](Cc3cccc(C)c3)CC2)cc1OC. The largest absolute Gasteiger partial charge is 0.493 e. The molecule has 4 nitrogen and oxygen atoms in total. The number of piperazine rings is 1. The van der Waals surface area contributed by atoms with Crippen LogP contribution in [0.1, 0.15) is 16.7 Å². The van der Waals surface area contributed by atoms with Gasteiger partial charge in [0.25, 0.3) is 0 Å². The smallest absolute Gasteiger partial charge is 0.161 e. The topological polar surface area (TPSA) is 27.3 Å². The van der Waals surface area contributed by atoms with Gasteiger partial charge in [-0.3, -0.25) is 0 Å². The fourth-order valence-electron chi connectivity index (χ4n) is 3.70. The van der Waals surface area contributed by atoms with Crippen molar-refractivity contribution in [2.24, 2.45) is 0 Å². The van der Waals surface area contributed by atoms with Gasteiger partial charge in [0, 0.05) is 11.1 Å². The number of methoxy groups -OCH3 is 2. The lowest BCUT2D eigenvalue weighted by atomic mass is 10.1. The van der Waals surface area contributed by atoms with Crippen LogP contribution in [0.15, 0.2) is 42.5 Å². The van der Waals surface area contributed by atoms with Crippen molar-refractivity contribution in [3.8, 4) is 11.5 Å². The van der Waals surface area contributed by atoms with E-state index in [1.165, 1.54) is 42.9 Å². The van der Waals surface area contributed by atoms with E-state index in [0.29, 0.717) is 0 Å². The van der Waals surface area contributed by atoms with E-state index in [1.807, 2.05) is 6.07 Å². The Balaban J connectivity index is 1.52. The highest BCUT2D eigenvalue weighted by Gasteiger charge is 2.23. The number of quaternary nitrogens is 2. The Labute approximate surface area is 151 Å². The first kappa shape index (κ1) is 17.8. The Hall–Kier alpha value is -2.04. The number of hydrogen-bond acceptors (Lipinski definition) is 2. The molecule has 2 aromatic rings. The number of benzene rings is 2. The molecule has 4 heteroatoms. The Morgan fingerprint density at radius 3 is 1.92 bits per heavy atom. The summed E-state index contributed by atoms with van der Waals surface area (Å²) in [6.07, 6.45) is 0. The zero-order chi connectivity index (χ0) is 17.6. The van der Waals surface area contributed by atoms with Gasteiger partial charge in [-0.15, -0.1) is 0 Å². The maximum atomic E-state index is 5.42. The van der Waals surface area contributed by atoms with Gasteiger partial charge in [-0.05, 0) is 25.1 Å². The van der Waals surface area contributed by atoms with E-state index in [-0.39, 0.29) is 0 Å².